The summed E-state index contributed by atoms with van der Waals surface area (Å²) in [4.78, 5) is 31.6. The Labute approximate surface area is 129 Å². The molecular formula is C15H22N4O3. The molecule has 1 aromatic rings. The van der Waals surface area contributed by atoms with E-state index in [0.717, 1.165) is 51.1 Å². The molecule has 2 fully saturated rings. The first-order chi connectivity index (χ1) is 10.6. The summed E-state index contributed by atoms with van der Waals surface area (Å²) < 4.78 is 4.99. The summed E-state index contributed by atoms with van der Waals surface area (Å²) in [5.41, 5.74) is 0. The monoisotopic (exact) mass is 306 g/mol. The van der Waals surface area contributed by atoms with Gasteiger partial charge in [-0.25, -0.2) is 0 Å². The first-order valence-corrected chi connectivity index (χ1v) is 7.96. The fraction of sp³-hybridized carbons (Fsp3) is 0.733. The number of piperidine rings is 1. The Morgan fingerprint density at radius 2 is 2.09 bits per heavy atom. The molecule has 2 saturated heterocycles. The van der Waals surface area contributed by atoms with Gasteiger partial charge in [0.25, 0.3) is 0 Å². The summed E-state index contributed by atoms with van der Waals surface area (Å²) in [7, 11) is 0. The van der Waals surface area contributed by atoms with Crippen molar-refractivity contribution in [1.29, 1.82) is 0 Å². The predicted molar refractivity (Wildman–Crippen MR) is 77.9 cm³/mol. The minimum atomic E-state index is 0.0732. The van der Waals surface area contributed by atoms with Crippen LogP contribution in [0.15, 0.2) is 4.52 Å². The lowest BCUT2D eigenvalue weighted by Crippen LogP contribution is -2.44. The fourth-order valence-electron chi connectivity index (χ4n) is 3.20. The van der Waals surface area contributed by atoms with Crippen LogP contribution in [0.4, 0.5) is 0 Å². The Bertz CT molecular complexity index is 549. The normalized spacial score (nSPS) is 20.0. The lowest BCUT2D eigenvalue weighted by atomic mass is 9.93. The number of hydrogen-bond acceptors (Lipinski definition) is 5. The molecule has 0 spiro atoms. The Kier molecular flexibility index (Phi) is 4.40. The molecule has 0 aliphatic carbocycles. The fourth-order valence-corrected chi connectivity index (χ4v) is 3.20. The van der Waals surface area contributed by atoms with E-state index in [2.05, 4.69) is 10.1 Å². The summed E-state index contributed by atoms with van der Waals surface area (Å²) in [6.45, 7) is 4.26. The number of aryl methyl sites for hydroxylation is 1. The van der Waals surface area contributed by atoms with Crippen molar-refractivity contribution in [3.05, 3.63) is 11.7 Å². The molecule has 0 bridgehead atoms. The summed E-state index contributed by atoms with van der Waals surface area (Å²) in [6, 6.07) is 0. The van der Waals surface area contributed by atoms with Crippen molar-refractivity contribution in [2.24, 2.45) is 5.92 Å². The van der Waals surface area contributed by atoms with Crippen LogP contribution in [0.1, 0.15) is 37.4 Å². The van der Waals surface area contributed by atoms with Crippen LogP contribution in [0, 0.1) is 12.8 Å². The zero-order valence-electron chi connectivity index (χ0n) is 13.0. The maximum Gasteiger partial charge on any atom is 0.242 e. The quantitative estimate of drug-likeness (QED) is 0.821. The second kappa shape index (κ2) is 6.46. The second-order valence-corrected chi connectivity index (χ2v) is 6.18. The van der Waals surface area contributed by atoms with Crippen molar-refractivity contribution >= 4 is 11.8 Å². The van der Waals surface area contributed by atoms with E-state index in [1.807, 2.05) is 4.90 Å². The van der Waals surface area contributed by atoms with E-state index in [-0.39, 0.29) is 18.4 Å². The first-order valence-electron chi connectivity index (χ1n) is 7.96. The highest BCUT2D eigenvalue weighted by molar-refractivity contribution is 5.85. The summed E-state index contributed by atoms with van der Waals surface area (Å²) in [5, 5.41) is 3.93. The number of rotatable bonds is 4. The number of hydrogen-bond donors (Lipinski definition) is 0. The lowest BCUT2D eigenvalue weighted by molar-refractivity contribution is -0.139. The van der Waals surface area contributed by atoms with Gasteiger partial charge in [-0.15, -0.1) is 0 Å². The molecular weight excluding hydrogens is 284 g/mol. The number of amides is 2. The molecule has 3 rings (SSSR count). The van der Waals surface area contributed by atoms with Gasteiger partial charge in [-0.2, -0.15) is 4.98 Å². The van der Waals surface area contributed by atoms with Gasteiger partial charge in [0.05, 0.1) is 6.54 Å². The molecule has 7 nitrogen and oxygen atoms in total. The molecule has 0 aromatic carbocycles. The maximum absolute atomic E-state index is 12.3. The maximum atomic E-state index is 12.3. The number of nitrogens with zero attached hydrogens (tertiary/aromatic N) is 4. The third-order valence-corrected chi connectivity index (χ3v) is 4.51. The molecule has 3 heterocycles. The second-order valence-electron chi connectivity index (χ2n) is 6.18. The molecule has 0 saturated carbocycles. The number of carbonyl (C=O) groups excluding carboxylic acids is 2. The molecule has 7 heteroatoms. The third kappa shape index (κ3) is 3.45. The number of aromatic nitrogens is 2. The van der Waals surface area contributed by atoms with Crippen LogP contribution in [0.5, 0.6) is 0 Å². The van der Waals surface area contributed by atoms with Crippen LogP contribution in [-0.4, -0.2) is 57.9 Å². The summed E-state index contributed by atoms with van der Waals surface area (Å²) >= 11 is 0. The van der Waals surface area contributed by atoms with E-state index in [1.54, 1.807) is 11.8 Å². The zero-order valence-corrected chi connectivity index (χ0v) is 13.0. The molecule has 120 valence electrons. The lowest BCUT2D eigenvalue weighted by Gasteiger charge is -2.32. The van der Waals surface area contributed by atoms with Crippen molar-refractivity contribution < 1.29 is 14.1 Å². The van der Waals surface area contributed by atoms with Gasteiger partial charge in [0.15, 0.2) is 5.82 Å². The van der Waals surface area contributed by atoms with Crippen LogP contribution in [0.3, 0.4) is 0 Å². The number of likely N-dealkylation sites (tertiary alicyclic amines) is 2. The van der Waals surface area contributed by atoms with Crippen LogP contribution in [-0.2, 0) is 16.0 Å². The zero-order chi connectivity index (χ0) is 15.5. The van der Waals surface area contributed by atoms with Gasteiger partial charge >= 0.3 is 0 Å². The van der Waals surface area contributed by atoms with E-state index in [1.165, 1.54) is 0 Å². The highest BCUT2D eigenvalue weighted by Gasteiger charge is 2.28. The largest absolute Gasteiger partial charge is 0.341 e. The molecule has 0 N–H and O–H groups in total. The van der Waals surface area contributed by atoms with Crippen molar-refractivity contribution in [2.75, 3.05) is 26.2 Å². The van der Waals surface area contributed by atoms with Gasteiger partial charge in [0.2, 0.25) is 17.7 Å². The standard InChI is InChI=1S/C15H22N4O3/c1-11-16-13(17-22-11)9-12-4-7-18(8-5-12)15(21)10-19-6-2-3-14(19)20/h12H,2-10H2,1H3. The number of carbonyl (C=O) groups is 2. The topological polar surface area (TPSA) is 79.5 Å². The van der Waals surface area contributed by atoms with Crippen molar-refractivity contribution in [2.45, 2.75) is 39.0 Å². The van der Waals surface area contributed by atoms with E-state index in [9.17, 15) is 9.59 Å². The van der Waals surface area contributed by atoms with Gasteiger partial charge < -0.3 is 14.3 Å². The minimum Gasteiger partial charge on any atom is -0.341 e. The third-order valence-electron chi connectivity index (χ3n) is 4.51. The molecule has 0 radical (unpaired) electrons. The highest BCUT2D eigenvalue weighted by atomic mass is 16.5. The smallest absolute Gasteiger partial charge is 0.242 e. The van der Waals surface area contributed by atoms with Crippen LogP contribution in [0.2, 0.25) is 0 Å². The Balaban J connectivity index is 1.44. The van der Waals surface area contributed by atoms with Crippen LogP contribution in [0.25, 0.3) is 0 Å². The molecule has 0 unspecified atom stereocenters. The molecule has 0 atom stereocenters. The van der Waals surface area contributed by atoms with Gasteiger partial charge in [-0.05, 0) is 25.2 Å². The van der Waals surface area contributed by atoms with Gasteiger partial charge in [0.1, 0.15) is 0 Å². The van der Waals surface area contributed by atoms with E-state index in [4.69, 9.17) is 4.52 Å². The van der Waals surface area contributed by atoms with Crippen molar-refractivity contribution in [3.8, 4) is 0 Å². The Morgan fingerprint density at radius 1 is 1.32 bits per heavy atom. The van der Waals surface area contributed by atoms with Crippen LogP contribution < -0.4 is 0 Å². The minimum absolute atomic E-state index is 0.0732. The van der Waals surface area contributed by atoms with Gasteiger partial charge in [0, 0.05) is 39.4 Å². The van der Waals surface area contributed by atoms with Gasteiger partial charge in [-0.1, -0.05) is 5.16 Å². The van der Waals surface area contributed by atoms with Crippen molar-refractivity contribution in [1.82, 2.24) is 19.9 Å². The van der Waals surface area contributed by atoms with Gasteiger partial charge in [-0.3, -0.25) is 9.59 Å². The van der Waals surface area contributed by atoms with E-state index < -0.39 is 0 Å². The predicted octanol–water partition coefficient (Wildman–Crippen LogP) is 0.782. The van der Waals surface area contributed by atoms with E-state index in [0.29, 0.717) is 18.2 Å². The van der Waals surface area contributed by atoms with Crippen LogP contribution >= 0.6 is 0 Å². The highest BCUT2D eigenvalue weighted by Crippen LogP contribution is 2.21. The molecule has 2 aliphatic heterocycles. The van der Waals surface area contributed by atoms with Crippen molar-refractivity contribution in [3.63, 3.8) is 0 Å². The average Bonchev–Trinajstić information content (AvgIpc) is 3.09. The first kappa shape index (κ1) is 15.0. The Hall–Kier alpha value is -1.92. The SMILES string of the molecule is Cc1nc(CC2CCN(C(=O)CN3CCCC3=O)CC2)no1. The summed E-state index contributed by atoms with van der Waals surface area (Å²) in [6.07, 6.45) is 4.17. The Morgan fingerprint density at radius 3 is 2.68 bits per heavy atom. The average molecular weight is 306 g/mol. The van der Waals surface area contributed by atoms with E-state index >= 15 is 0 Å². The molecule has 22 heavy (non-hydrogen) atoms. The molecule has 2 aliphatic rings. The molecule has 1 aromatic heterocycles. The summed E-state index contributed by atoms with van der Waals surface area (Å²) in [5.74, 6) is 2.03. The molecule has 2 amide bonds.